The van der Waals surface area contributed by atoms with Crippen molar-refractivity contribution in [3.8, 4) is 10.4 Å². The molecule has 228 valence electrons. The van der Waals surface area contributed by atoms with Crippen LogP contribution in [0.4, 0.5) is 15.3 Å². The summed E-state index contributed by atoms with van der Waals surface area (Å²) in [5.74, 6) is 0. The lowest BCUT2D eigenvalue weighted by atomic mass is 10.1. The van der Waals surface area contributed by atoms with Crippen molar-refractivity contribution in [2.75, 3.05) is 11.9 Å². The summed E-state index contributed by atoms with van der Waals surface area (Å²) in [6, 6.07) is 4.13. The summed E-state index contributed by atoms with van der Waals surface area (Å²) < 4.78 is 39.8. The van der Waals surface area contributed by atoms with Crippen LogP contribution in [0, 0.1) is 0 Å². The molecule has 0 unspecified atom stereocenters. The van der Waals surface area contributed by atoms with Gasteiger partial charge < -0.3 is 19.9 Å². The first-order valence-electron chi connectivity index (χ1n) is 13.4. The van der Waals surface area contributed by atoms with E-state index in [9.17, 15) is 23.1 Å². The highest BCUT2D eigenvalue weighted by molar-refractivity contribution is 7.89. The van der Waals surface area contributed by atoms with E-state index in [2.05, 4.69) is 20.3 Å². The van der Waals surface area contributed by atoms with E-state index in [1.165, 1.54) is 17.4 Å². The molecule has 0 aliphatic carbocycles. The minimum absolute atomic E-state index is 0.0137. The third kappa shape index (κ3) is 11.1. The molecule has 2 amide bonds. The predicted octanol–water partition coefficient (Wildman–Crippen LogP) is 5.52. The van der Waals surface area contributed by atoms with Gasteiger partial charge in [-0.15, -0.1) is 11.3 Å². The van der Waals surface area contributed by atoms with Gasteiger partial charge in [-0.1, -0.05) is 12.1 Å². The zero-order chi connectivity index (χ0) is 31.0. The number of aromatic nitrogens is 1. The lowest BCUT2D eigenvalue weighted by molar-refractivity contribution is 0.107. The van der Waals surface area contributed by atoms with Crippen LogP contribution in [0.1, 0.15) is 73.2 Å². The molecule has 0 aliphatic rings. The maximum Gasteiger partial charge on any atom is 0.411 e. The fraction of sp³-hybridized carbons (Fsp3) is 0.536. The molecule has 1 heterocycles. The van der Waals surface area contributed by atoms with E-state index in [4.69, 9.17) is 9.47 Å². The lowest BCUT2D eigenvalue weighted by Crippen LogP contribution is -2.40. The van der Waals surface area contributed by atoms with Gasteiger partial charge in [0.25, 0.3) is 0 Å². The Bertz CT molecular complexity index is 1330. The SMILES string of the molecule is C/C=C(\CC[C@@H](CO)NC(=O)OC(C)C)c1ncc(-c2ccc(NC(=O)OC(C)C)cc2S(=O)(=O)NC(C)(C)C)s1. The number of hydrogen-bond donors (Lipinski definition) is 4. The van der Waals surface area contributed by atoms with E-state index >= 15 is 0 Å². The summed E-state index contributed by atoms with van der Waals surface area (Å²) in [5, 5.41) is 15.7. The zero-order valence-electron chi connectivity index (χ0n) is 24.9. The number of anilines is 1. The van der Waals surface area contributed by atoms with Crippen molar-refractivity contribution >= 4 is 44.8 Å². The van der Waals surface area contributed by atoms with E-state index in [1.807, 2.05) is 13.0 Å². The molecule has 0 radical (unpaired) electrons. The monoisotopic (exact) mass is 610 g/mol. The molecule has 1 aromatic carbocycles. The Morgan fingerprint density at radius 3 is 2.29 bits per heavy atom. The summed E-state index contributed by atoms with van der Waals surface area (Å²) in [6.45, 7) is 13.8. The molecule has 2 rings (SSSR count). The molecule has 0 aliphatic heterocycles. The molecule has 0 saturated heterocycles. The van der Waals surface area contributed by atoms with Crippen LogP contribution in [-0.2, 0) is 19.5 Å². The van der Waals surface area contributed by atoms with E-state index in [0.717, 1.165) is 5.57 Å². The molecule has 11 nitrogen and oxygen atoms in total. The van der Waals surface area contributed by atoms with Gasteiger partial charge in [0.15, 0.2) is 0 Å². The van der Waals surface area contributed by atoms with Crippen molar-refractivity contribution in [2.24, 2.45) is 0 Å². The van der Waals surface area contributed by atoms with Crippen LogP contribution >= 0.6 is 11.3 Å². The van der Waals surface area contributed by atoms with Crippen molar-refractivity contribution in [3.05, 3.63) is 35.5 Å². The summed E-state index contributed by atoms with van der Waals surface area (Å²) in [4.78, 5) is 29.2. The van der Waals surface area contributed by atoms with Crippen LogP contribution in [0.5, 0.6) is 0 Å². The third-order valence-electron chi connectivity index (χ3n) is 5.34. The molecule has 41 heavy (non-hydrogen) atoms. The van der Waals surface area contributed by atoms with Crippen LogP contribution < -0.4 is 15.4 Å². The van der Waals surface area contributed by atoms with Gasteiger partial charge in [0.1, 0.15) is 5.01 Å². The van der Waals surface area contributed by atoms with E-state index in [0.29, 0.717) is 28.3 Å². The highest BCUT2D eigenvalue weighted by atomic mass is 32.2. The van der Waals surface area contributed by atoms with Crippen molar-refractivity contribution in [1.82, 2.24) is 15.0 Å². The summed E-state index contributed by atoms with van der Waals surface area (Å²) in [5.41, 5.74) is 0.832. The van der Waals surface area contributed by atoms with Crippen LogP contribution in [0.25, 0.3) is 16.0 Å². The Kier molecular flexibility index (Phi) is 12.3. The van der Waals surface area contributed by atoms with Gasteiger partial charge >= 0.3 is 12.2 Å². The molecule has 0 saturated carbocycles. The maximum atomic E-state index is 13.5. The quantitative estimate of drug-likeness (QED) is 0.245. The van der Waals surface area contributed by atoms with E-state index in [-0.39, 0.29) is 29.4 Å². The van der Waals surface area contributed by atoms with Gasteiger partial charge in [-0.3, -0.25) is 5.32 Å². The van der Waals surface area contributed by atoms with Gasteiger partial charge in [-0.2, -0.15) is 0 Å². The fourth-order valence-corrected chi connectivity index (χ4v) is 6.51. The number of ether oxygens (including phenoxy) is 2. The Hall–Kier alpha value is -3.00. The van der Waals surface area contributed by atoms with Gasteiger partial charge in [0, 0.05) is 23.0 Å². The second kappa shape index (κ2) is 14.8. The second-order valence-electron chi connectivity index (χ2n) is 11.0. The highest BCUT2D eigenvalue weighted by Crippen LogP contribution is 2.36. The fourth-order valence-electron chi connectivity index (χ4n) is 3.72. The number of amides is 2. The number of allylic oxidation sites excluding steroid dienone is 2. The number of rotatable bonds is 12. The van der Waals surface area contributed by atoms with Gasteiger partial charge in [0.05, 0.1) is 34.6 Å². The molecular weight excluding hydrogens is 568 g/mol. The Labute approximate surface area is 246 Å². The number of aliphatic hydroxyl groups is 1. The maximum absolute atomic E-state index is 13.5. The summed E-state index contributed by atoms with van der Waals surface area (Å²) in [7, 11) is -4.00. The largest absolute Gasteiger partial charge is 0.447 e. The summed E-state index contributed by atoms with van der Waals surface area (Å²) >= 11 is 1.32. The number of benzene rings is 1. The molecule has 1 atom stereocenters. The molecule has 0 bridgehead atoms. The average Bonchev–Trinajstić information content (AvgIpc) is 3.31. The summed E-state index contributed by atoms with van der Waals surface area (Å²) in [6.07, 6.45) is 2.56. The molecule has 13 heteroatoms. The number of sulfonamides is 1. The molecule has 4 N–H and O–H groups in total. The zero-order valence-corrected chi connectivity index (χ0v) is 26.5. The number of carbonyl (C=O) groups is 2. The van der Waals surface area contributed by atoms with Crippen LogP contribution in [0.15, 0.2) is 35.4 Å². The predicted molar refractivity (Wildman–Crippen MR) is 161 cm³/mol. The highest BCUT2D eigenvalue weighted by Gasteiger charge is 2.27. The van der Waals surface area contributed by atoms with Crippen LogP contribution in [0.2, 0.25) is 0 Å². The van der Waals surface area contributed by atoms with Crippen molar-refractivity contribution in [1.29, 1.82) is 0 Å². The normalized spacial score (nSPS) is 13.3. The minimum Gasteiger partial charge on any atom is -0.447 e. The Morgan fingerprint density at radius 1 is 1.10 bits per heavy atom. The topological polar surface area (TPSA) is 156 Å². The second-order valence-corrected chi connectivity index (χ2v) is 13.7. The number of hydrogen-bond acceptors (Lipinski definition) is 9. The number of alkyl carbamates (subject to hydrolysis) is 1. The molecule has 0 fully saturated rings. The Morgan fingerprint density at radius 2 is 1.73 bits per heavy atom. The van der Waals surface area contributed by atoms with Crippen LogP contribution in [0.3, 0.4) is 0 Å². The third-order valence-corrected chi connectivity index (χ3v) is 8.25. The molecule has 2 aromatic rings. The lowest BCUT2D eigenvalue weighted by Gasteiger charge is -2.22. The van der Waals surface area contributed by atoms with Crippen molar-refractivity contribution in [3.63, 3.8) is 0 Å². The number of aliphatic hydroxyl groups excluding tert-OH is 1. The number of nitrogens with zero attached hydrogens (tertiary/aromatic N) is 1. The first kappa shape index (κ1) is 34.2. The van der Waals surface area contributed by atoms with Crippen LogP contribution in [-0.4, -0.2) is 61.1 Å². The van der Waals surface area contributed by atoms with Crippen molar-refractivity contribution in [2.45, 2.75) is 96.9 Å². The minimum atomic E-state index is -4.00. The number of thiazole rings is 1. The standard InChI is InChI=1S/C28H42N4O7S2/c1-9-19(10-11-21(16-33)31-27(35)39-18(4)5)25-29-15-23(40-25)22-13-12-20(30-26(34)38-17(2)3)14-24(22)41(36,37)32-28(6,7)8/h9,12-15,17-18,21,32-33H,10-11,16H2,1-8H3,(H,30,34)(H,31,35)/b19-9+/t21-/m0/s1. The van der Waals surface area contributed by atoms with E-state index in [1.54, 1.807) is 66.8 Å². The van der Waals surface area contributed by atoms with Gasteiger partial charge in [-0.25, -0.2) is 27.7 Å². The molecular formula is C28H42N4O7S2. The number of nitrogens with one attached hydrogen (secondary N) is 3. The smallest absolute Gasteiger partial charge is 0.411 e. The first-order chi connectivity index (χ1) is 19.0. The van der Waals surface area contributed by atoms with E-state index < -0.39 is 33.8 Å². The average molecular weight is 611 g/mol. The van der Waals surface area contributed by atoms with Crippen molar-refractivity contribution < 1.29 is 32.6 Å². The van der Waals surface area contributed by atoms with Gasteiger partial charge in [-0.05, 0) is 85.9 Å². The molecule has 0 spiro atoms. The number of carbonyl (C=O) groups excluding carboxylic acids is 2. The van der Waals surface area contributed by atoms with Gasteiger partial charge in [0.2, 0.25) is 10.0 Å². The molecule has 1 aromatic heterocycles. The Balaban J connectivity index is 2.37. The first-order valence-corrected chi connectivity index (χ1v) is 15.7.